The Morgan fingerprint density at radius 2 is 2.53 bits per heavy atom. The van der Waals surface area contributed by atoms with E-state index in [1.807, 2.05) is 22.9 Å². The second-order valence-electron chi connectivity index (χ2n) is 2.94. The summed E-state index contributed by atoms with van der Waals surface area (Å²) >= 11 is 3.19. The van der Waals surface area contributed by atoms with Crippen LogP contribution in [0.25, 0.3) is 0 Å². The number of hydrogen-bond acceptors (Lipinski definition) is 5. The van der Waals surface area contributed by atoms with Crippen molar-refractivity contribution < 1.29 is 0 Å². The Hall–Kier alpha value is -1.22. The van der Waals surface area contributed by atoms with Crippen molar-refractivity contribution in [2.24, 2.45) is 0 Å². The van der Waals surface area contributed by atoms with Gasteiger partial charge in [0.2, 0.25) is 0 Å². The van der Waals surface area contributed by atoms with Gasteiger partial charge in [0.05, 0.1) is 17.3 Å². The average Bonchev–Trinajstić information content (AvgIpc) is 2.90. The number of nitrogens with one attached hydrogen (secondary N) is 1. The summed E-state index contributed by atoms with van der Waals surface area (Å²) in [6, 6.07) is 5.95. The molecule has 76 valence electrons. The lowest BCUT2D eigenvalue weighted by molar-refractivity contribution is 0.625. The number of aromatic nitrogens is 1. The van der Waals surface area contributed by atoms with Gasteiger partial charge in [-0.25, -0.2) is 4.98 Å². The van der Waals surface area contributed by atoms with Gasteiger partial charge in [0.25, 0.3) is 0 Å². The maximum Gasteiger partial charge on any atom is 0.139 e. The molecule has 2 aromatic heterocycles. The molecule has 0 aliphatic carbocycles. The van der Waals surface area contributed by atoms with E-state index in [1.54, 1.807) is 16.8 Å². The first-order chi connectivity index (χ1) is 7.40. The van der Waals surface area contributed by atoms with Crippen molar-refractivity contribution in [3.8, 4) is 6.07 Å². The van der Waals surface area contributed by atoms with E-state index in [-0.39, 0.29) is 6.04 Å². The van der Waals surface area contributed by atoms with E-state index < -0.39 is 0 Å². The summed E-state index contributed by atoms with van der Waals surface area (Å²) in [5.74, 6) is 0. The molecule has 0 saturated heterocycles. The summed E-state index contributed by atoms with van der Waals surface area (Å²) in [6.45, 7) is 0.716. The maximum atomic E-state index is 8.98. The molecule has 0 radical (unpaired) electrons. The quantitative estimate of drug-likeness (QED) is 0.886. The number of nitriles is 1. The van der Waals surface area contributed by atoms with Crippen molar-refractivity contribution in [3.63, 3.8) is 0 Å². The molecule has 0 aliphatic heterocycles. The first-order valence-electron chi connectivity index (χ1n) is 4.43. The van der Waals surface area contributed by atoms with Gasteiger partial charge < -0.3 is 0 Å². The fourth-order valence-corrected chi connectivity index (χ4v) is 2.43. The summed E-state index contributed by atoms with van der Waals surface area (Å²) in [6.07, 6.45) is 0. The fourth-order valence-electron chi connectivity index (χ4n) is 1.20. The Balaban J connectivity index is 1.96. The Morgan fingerprint density at radius 3 is 3.13 bits per heavy atom. The van der Waals surface area contributed by atoms with Crippen LogP contribution in [-0.4, -0.2) is 4.98 Å². The normalized spacial score (nSPS) is 12.2. The molecule has 0 aromatic carbocycles. The van der Waals surface area contributed by atoms with Crippen LogP contribution in [0, 0.1) is 11.3 Å². The van der Waals surface area contributed by atoms with Crippen LogP contribution in [0.4, 0.5) is 0 Å². The molecule has 5 heteroatoms. The molecule has 0 amide bonds. The smallest absolute Gasteiger partial charge is 0.139 e. The van der Waals surface area contributed by atoms with Gasteiger partial charge in [-0.3, -0.25) is 5.32 Å². The third-order valence-electron chi connectivity index (χ3n) is 1.94. The summed E-state index contributed by atoms with van der Waals surface area (Å²) in [7, 11) is 0. The monoisotopic (exact) mass is 235 g/mol. The van der Waals surface area contributed by atoms with Crippen LogP contribution in [0.1, 0.15) is 16.6 Å². The Labute approximate surface area is 96.0 Å². The molecule has 3 nitrogen and oxygen atoms in total. The Bertz CT molecular complexity index is 428. The van der Waals surface area contributed by atoms with Crippen LogP contribution in [0.3, 0.4) is 0 Å². The number of thiophene rings is 1. The minimum atomic E-state index is -0.307. The predicted octanol–water partition coefficient (Wildman–Crippen LogP) is 2.56. The molecular weight excluding hydrogens is 226 g/mol. The molecule has 1 atom stereocenters. The molecule has 1 unspecified atom stereocenters. The Kier molecular flexibility index (Phi) is 3.45. The first-order valence-corrected chi connectivity index (χ1v) is 6.26. The van der Waals surface area contributed by atoms with Gasteiger partial charge >= 0.3 is 0 Å². The molecule has 0 aliphatic rings. The van der Waals surface area contributed by atoms with E-state index >= 15 is 0 Å². The lowest BCUT2D eigenvalue weighted by atomic mass is 10.2. The van der Waals surface area contributed by atoms with E-state index in [4.69, 9.17) is 5.26 Å². The topological polar surface area (TPSA) is 48.7 Å². The molecule has 0 saturated carbocycles. The highest BCUT2D eigenvalue weighted by atomic mass is 32.1. The zero-order valence-corrected chi connectivity index (χ0v) is 9.52. The van der Waals surface area contributed by atoms with Crippen LogP contribution < -0.4 is 5.32 Å². The molecule has 0 spiro atoms. The lowest BCUT2D eigenvalue weighted by Gasteiger charge is -2.07. The number of nitrogens with zero attached hydrogens (tertiary/aromatic N) is 2. The second kappa shape index (κ2) is 5.03. The van der Waals surface area contributed by atoms with Crippen LogP contribution >= 0.6 is 22.7 Å². The molecule has 0 fully saturated rings. The second-order valence-corrected chi connectivity index (χ2v) is 4.69. The van der Waals surface area contributed by atoms with Gasteiger partial charge in [0, 0.05) is 16.8 Å². The van der Waals surface area contributed by atoms with Crippen LogP contribution in [0.2, 0.25) is 0 Å². The third kappa shape index (κ3) is 2.63. The minimum Gasteiger partial charge on any atom is -0.292 e. The van der Waals surface area contributed by atoms with Crippen molar-refractivity contribution in [3.05, 3.63) is 39.0 Å². The molecular formula is C10H9N3S2. The van der Waals surface area contributed by atoms with E-state index in [0.29, 0.717) is 6.54 Å². The maximum absolute atomic E-state index is 8.98. The highest BCUT2D eigenvalue weighted by molar-refractivity contribution is 7.09. The third-order valence-corrected chi connectivity index (χ3v) is 3.42. The summed E-state index contributed by atoms with van der Waals surface area (Å²) in [5, 5.41) is 16.1. The molecule has 1 N–H and O–H groups in total. The molecule has 0 bridgehead atoms. The predicted molar refractivity (Wildman–Crippen MR) is 61.6 cm³/mol. The van der Waals surface area contributed by atoms with Crippen molar-refractivity contribution in [2.45, 2.75) is 12.6 Å². The van der Waals surface area contributed by atoms with Crippen molar-refractivity contribution in [1.29, 1.82) is 5.26 Å². The zero-order chi connectivity index (χ0) is 10.5. The van der Waals surface area contributed by atoms with Crippen LogP contribution in [-0.2, 0) is 6.54 Å². The SMILES string of the molecule is N#CC(NCc1cccs1)c1cscn1. The molecule has 2 aromatic rings. The van der Waals surface area contributed by atoms with Gasteiger partial charge in [0.15, 0.2) is 0 Å². The number of rotatable bonds is 4. The largest absolute Gasteiger partial charge is 0.292 e. The highest BCUT2D eigenvalue weighted by Gasteiger charge is 2.11. The standard InChI is InChI=1S/C10H9N3S2/c11-4-9(10-6-14-7-13-10)12-5-8-2-1-3-15-8/h1-3,6-7,9,12H,5H2. The van der Waals surface area contributed by atoms with Gasteiger partial charge in [0.1, 0.15) is 6.04 Å². The van der Waals surface area contributed by atoms with Crippen molar-refractivity contribution in [1.82, 2.24) is 10.3 Å². The van der Waals surface area contributed by atoms with E-state index in [9.17, 15) is 0 Å². The van der Waals surface area contributed by atoms with Gasteiger partial charge in [-0.1, -0.05) is 6.07 Å². The van der Waals surface area contributed by atoms with E-state index in [2.05, 4.69) is 16.4 Å². The van der Waals surface area contributed by atoms with E-state index in [1.165, 1.54) is 16.2 Å². The minimum absolute atomic E-state index is 0.307. The van der Waals surface area contributed by atoms with Crippen molar-refractivity contribution in [2.75, 3.05) is 0 Å². The van der Waals surface area contributed by atoms with Crippen molar-refractivity contribution >= 4 is 22.7 Å². The van der Waals surface area contributed by atoms with Gasteiger partial charge in [-0.15, -0.1) is 22.7 Å². The molecule has 15 heavy (non-hydrogen) atoms. The molecule has 2 heterocycles. The number of hydrogen-bond donors (Lipinski definition) is 1. The fraction of sp³-hybridized carbons (Fsp3) is 0.200. The van der Waals surface area contributed by atoms with Crippen LogP contribution in [0.15, 0.2) is 28.4 Å². The zero-order valence-electron chi connectivity index (χ0n) is 7.88. The van der Waals surface area contributed by atoms with Crippen LogP contribution in [0.5, 0.6) is 0 Å². The summed E-state index contributed by atoms with van der Waals surface area (Å²) in [5.41, 5.74) is 2.55. The first kappa shape index (κ1) is 10.3. The van der Waals surface area contributed by atoms with Gasteiger partial charge in [-0.05, 0) is 11.4 Å². The Morgan fingerprint density at radius 1 is 1.60 bits per heavy atom. The van der Waals surface area contributed by atoms with Gasteiger partial charge in [-0.2, -0.15) is 5.26 Å². The molecule has 2 rings (SSSR count). The lowest BCUT2D eigenvalue weighted by Crippen LogP contribution is -2.19. The average molecular weight is 235 g/mol. The summed E-state index contributed by atoms with van der Waals surface area (Å²) < 4.78 is 0. The summed E-state index contributed by atoms with van der Waals surface area (Å²) in [4.78, 5) is 5.35. The highest BCUT2D eigenvalue weighted by Crippen LogP contribution is 2.14. The van der Waals surface area contributed by atoms with E-state index in [0.717, 1.165) is 5.69 Å². The number of thiazole rings is 1.